The molecule has 90 valence electrons. The summed E-state index contributed by atoms with van der Waals surface area (Å²) >= 11 is 4.00. The lowest BCUT2D eigenvalue weighted by Crippen LogP contribution is -2.04. The van der Waals surface area contributed by atoms with E-state index in [9.17, 15) is 0 Å². The Labute approximate surface area is 108 Å². The van der Waals surface area contributed by atoms with Gasteiger partial charge in [-0.2, -0.15) is 11.8 Å². The van der Waals surface area contributed by atoms with Gasteiger partial charge < -0.3 is 5.32 Å². The van der Waals surface area contributed by atoms with Crippen molar-refractivity contribution < 1.29 is 0 Å². The van der Waals surface area contributed by atoms with Gasteiger partial charge >= 0.3 is 0 Å². The van der Waals surface area contributed by atoms with Crippen molar-refractivity contribution in [2.75, 3.05) is 24.3 Å². The summed E-state index contributed by atoms with van der Waals surface area (Å²) in [5.41, 5.74) is 1.37. The summed E-state index contributed by atoms with van der Waals surface area (Å²) in [4.78, 5) is 1.40. The van der Waals surface area contributed by atoms with E-state index in [2.05, 4.69) is 36.5 Å². The zero-order valence-electron chi connectivity index (χ0n) is 10.2. The molecular weight excluding hydrogens is 234 g/mol. The molecule has 3 heteroatoms. The molecule has 0 radical (unpaired) electrons. The molecule has 0 aliphatic heterocycles. The summed E-state index contributed by atoms with van der Waals surface area (Å²) in [5, 5.41) is 3.18. The average molecular weight is 255 g/mol. The molecule has 0 unspecified atom stereocenters. The van der Waals surface area contributed by atoms with Gasteiger partial charge in [-0.05, 0) is 48.4 Å². The Hall–Kier alpha value is -0.120. The van der Waals surface area contributed by atoms with Crippen molar-refractivity contribution in [2.24, 2.45) is 0 Å². The maximum atomic E-state index is 3.18. The fourth-order valence-corrected chi connectivity index (χ4v) is 3.20. The van der Waals surface area contributed by atoms with Gasteiger partial charge in [-0.1, -0.05) is 19.1 Å². The van der Waals surface area contributed by atoms with Crippen LogP contribution < -0.4 is 5.32 Å². The van der Waals surface area contributed by atoms with E-state index in [4.69, 9.17) is 0 Å². The number of benzene rings is 1. The first-order valence-electron chi connectivity index (χ1n) is 5.81. The van der Waals surface area contributed by atoms with Crippen LogP contribution >= 0.6 is 23.5 Å². The van der Waals surface area contributed by atoms with Crippen LogP contribution in [0.1, 0.15) is 18.9 Å². The van der Waals surface area contributed by atoms with Crippen molar-refractivity contribution in [1.29, 1.82) is 0 Å². The molecule has 0 saturated heterocycles. The molecule has 1 aromatic carbocycles. The van der Waals surface area contributed by atoms with Gasteiger partial charge in [-0.25, -0.2) is 0 Å². The Morgan fingerprint density at radius 1 is 1.25 bits per heavy atom. The van der Waals surface area contributed by atoms with E-state index < -0.39 is 0 Å². The van der Waals surface area contributed by atoms with Crippen molar-refractivity contribution in [2.45, 2.75) is 24.8 Å². The Balaban J connectivity index is 2.27. The Bertz CT molecular complexity index is 289. The molecule has 0 aliphatic carbocycles. The molecule has 0 fully saturated rings. The van der Waals surface area contributed by atoms with E-state index >= 15 is 0 Å². The largest absolute Gasteiger partial charge is 0.316 e. The van der Waals surface area contributed by atoms with Crippen LogP contribution in [0.2, 0.25) is 0 Å². The minimum atomic E-state index is 0.958. The second-order valence-electron chi connectivity index (χ2n) is 3.58. The molecular formula is C13H21NS2. The summed E-state index contributed by atoms with van der Waals surface area (Å²) < 4.78 is 0. The molecule has 0 spiro atoms. The number of thioether (sulfide) groups is 2. The van der Waals surface area contributed by atoms with E-state index in [1.807, 2.05) is 30.6 Å². The predicted molar refractivity (Wildman–Crippen MR) is 77.5 cm³/mol. The molecule has 0 aromatic heterocycles. The molecule has 0 bridgehead atoms. The Morgan fingerprint density at radius 2 is 2.12 bits per heavy atom. The maximum absolute atomic E-state index is 3.18. The third-order valence-corrected chi connectivity index (χ3v) is 4.25. The van der Waals surface area contributed by atoms with Gasteiger partial charge in [0, 0.05) is 11.4 Å². The smallest absolute Gasteiger partial charge is 0.0202 e. The maximum Gasteiger partial charge on any atom is 0.0202 e. The fraction of sp³-hybridized carbons (Fsp3) is 0.538. The van der Waals surface area contributed by atoms with E-state index in [0.29, 0.717) is 0 Å². The van der Waals surface area contributed by atoms with Crippen LogP contribution in [0.5, 0.6) is 0 Å². The number of nitrogens with one attached hydrogen (secondary N) is 1. The average Bonchev–Trinajstić information content (AvgIpc) is 2.30. The van der Waals surface area contributed by atoms with Gasteiger partial charge in [-0.3, -0.25) is 0 Å². The topological polar surface area (TPSA) is 12.0 Å². The van der Waals surface area contributed by atoms with Crippen LogP contribution in [0.3, 0.4) is 0 Å². The van der Waals surface area contributed by atoms with Crippen molar-refractivity contribution >= 4 is 23.5 Å². The molecule has 1 rings (SSSR count). The van der Waals surface area contributed by atoms with Gasteiger partial charge in [0.05, 0.1) is 0 Å². The second-order valence-corrected chi connectivity index (χ2v) is 6.14. The van der Waals surface area contributed by atoms with Crippen molar-refractivity contribution in [3.63, 3.8) is 0 Å². The van der Waals surface area contributed by atoms with Crippen LogP contribution in [-0.2, 0) is 6.54 Å². The molecule has 1 nitrogen and oxygen atoms in total. The molecule has 0 saturated carbocycles. The molecule has 0 aliphatic rings. The molecule has 1 N–H and O–H groups in total. The molecule has 16 heavy (non-hydrogen) atoms. The molecule has 0 heterocycles. The van der Waals surface area contributed by atoms with Crippen molar-refractivity contribution in [3.05, 3.63) is 29.8 Å². The van der Waals surface area contributed by atoms with Crippen molar-refractivity contribution in [3.8, 4) is 0 Å². The van der Waals surface area contributed by atoms with Crippen LogP contribution in [-0.4, -0.2) is 24.3 Å². The summed E-state index contributed by atoms with van der Waals surface area (Å²) in [5.74, 6) is 3.76. The number of rotatable bonds is 8. The number of hydrogen-bond acceptors (Lipinski definition) is 3. The fourth-order valence-electron chi connectivity index (χ4n) is 1.44. The van der Waals surface area contributed by atoms with Gasteiger partial charge in [0.15, 0.2) is 0 Å². The standard InChI is InChI=1S/C13H21NS2/c1-3-15-8-5-9-16-13-7-4-6-12(10-13)11-14-2/h4,6-7,10,14H,3,5,8-9,11H2,1-2H3. The first-order chi connectivity index (χ1) is 7.86. The lowest BCUT2D eigenvalue weighted by atomic mass is 10.2. The monoisotopic (exact) mass is 255 g/mol. The van der Waals surface area contributed by atoms with E-state index in [1.54, 1.807) is 0 Å². The van der Waals surface area contributed by atoms with Crippen LogP contribution in [0.4, 0.5) is 0 Å². The van der Waals surface area contributed by atoms with Crippen LogP contribution in [0.15, 0.2) is 29.2 Å². The normalized spacial score (nSPS) is 10.6. The predicted octanol–water partition coefficient (Wildman–Crippen LogP) is 3.64. The minimum absolute atomic E-state index is 0.958. The SMILES string of the molecule is CCSCCCSc1cccc(CNC)c1. The van der Waals surface area contributed by atoms with E-state index in [1.165, 1.54) is 34.1 Å². The minimum Gasteiger partial charge on any atom is -0.316 e. The lowest BCUT2D eigenvalue weighted by Gasteiger charge is -2.04. The lowest BCUT2D eigenvalue weighted by molar-refractivity contribution is 0.815. The highest BCUT2D eigenvalue weighted by molar-refractivity contribution is 8.00. The Kier molecular flexibility index (Phi) is 7.81. The number of hydrogen-bond donors (Lipinski definition) is 1. The van der Waals surface area contributed by atoms with Gasteiger partial charge in [0.2, 0.25) is 0 Å². The summed E-state index contributed by atoms with van der Waals surface area (Å²) in [6.07, 6.45) is 1.30. The van der Waals surface area contributed by atoms with Gasteiger partial charge in [0.1, 0.15) is 0 Å². The van der Waals surface area contributed by atoms with E-state index in [-0.39, 0.29) is 0 Å². The third-order valence-electron chi connectivity index (χ3n) is 2.19. The molecule has 0 atom stereocenters. The Morgan fingerprint density at radius 3 is 2.88 bits per heavy atom. The van der Waals surface area contributed by atoms with Crippen molar-refractivity contribution in [1.82, 2.24) is 5.32 Å². The first-order valence-corrected chi connectivity index (χ1v) is 7.95. The zero-order valence-corrected chi connectivity index (χ0v) is 11.8. The summed E-state index contributed by atoms with van der Waals surface area (Å²) in [7, 11) is 1.99. The highest BCUT2D eigenvalue weighted by atomic mass is 32.2. The second kappa shape index (κ2) is 8.97. The van der Waals surface area contributed by atoms with Crippen LogP contribution in [0, 0.1) is 0 Å². The molecule has 0 amide bonds. The summed E-state index contributed by atoms with van der Waals surface area (Å²) in [6, 6.07) is 8.81. The summed E-state index contributed by atoms with van der Waals surface area (Å²) in [6.45, 7) is 3.18. The zero-order chi connectivity index (χ0) is 11.6. The third kappa shape index (κ3) is 5.83. The molecule has 1 aromatic rings. The quantitative estimate of drug-likeness (QED) is 0.562. The highest BCUT2D eigenvalue weighted by Crippen LogP contribution is 2.20. The first kappa shape index (κ1) is 13.9. The van der Waals surface area contributed by atoms with Gasteiger partial charge in [0.25, 0.3) is 0 Å². The van der Waals surface area contributed by atoms with E-state index in [0.717, 1.165) is 6.54 Å². The van der Waals surface area contributed by atoms with Gasteiger partial charge in [-0.15, -0.1) is 11.8 Å². The van der Waals surface area contributed by atoms with Crippen LogP contribution in [0.25, 0.3) is 0 Å². The highest BCUT2D eigenvalue weighted by Gasteiger charge is 1.96.